The number of carbonyl (C=O) groups excluding carboxylic acids is 2. The minimum absolute atomic E-state index is 0.0507. The van der Waals surface area contributed by atoms with Crippen molar-refractivity contribution in [1.82, 2.24) is 9.80 Å². The summed E-state index contributed by atoms with van der Waals surface area (Å²) in [6, 6.07) is 5.86. The lowest BCUT2D eigenvalue weighted by molar-refractivity contribution is -0.384. The first-order valence-corrected chi connectivity index (χ1v) is 11.6. The average Bonchev–Trinajstić information content (AvgIpc) is 3.00. The second kappa shape index (κ2) is 10.7. The van der Waals surface area contributed by atoms with Crippen molar-refractivity contribution in [3.05, 3.63) is 45.6 Å². The fourth-order valence-electron chi connectivity index (χ4n) is 4.48. The Morgan fingerprint density at radius 3 is 2.16 bits per heavy atom. The molecule has 2 amide bonds. The lowest BCUT2D eigenvalue weighted by atomic mass is 10.0. The highest BCUT2D eigenvalue weighted by molar-refractivity contribution is 6.35. The monoisotopic (exact) mass is 443 g/mol. The van der Waals surface area contributed by atoms with Gasteiger partial charge in [0, 0.05) is 31.8 Å². The van der Waals surface area contributed by atoms with Crippen LogP contribution in [0.3, 0.4) is 0 Å². The highest BCUT2D eigenvalue weighted by Gasteiger charge is 2.42. The summed E-state index contributed by atoms with van der Waals surface area (Å²) < 4.78 is 5.81. The number of benzene rings is 1. The molecule has 1 fully saturated rings. The van der Waals surface area contributed by atoms with Gasteiger partial charge in [-0.1, -0.05) is 39.0 Å². The van der Waals surface area contributed by atoms with Crippen molar-refractivity contribution in [3.8, 4) is 0 Å². The van der Waals surface area contributed by atoms with Crippen molar-refractivity contribution in [2.75, 3.05) is 19.6 Å². The van der Waals surface area contributed by atoms with Crippen molar-refractivity contribution in [2.24, 2.45) is 0 Å². The molecule has 0 bridgehead atoms. The van der Waals surface area contributed by atoms with Gasteiger partial charge in [0.1, 0.15) is 5.70 Å². The fraction of sp³-hybridized carbons (Fsp3) is 0.583. The first kappa shape index (κ1) is 23.9. The molecular formula is C24H33N3O5. The predicted molar refractivity (Wildman–Crippen MR) is 122 cm³/mol. The highest BCUT2D eigenvalue weighted by atomic mass is 16.6. The van der Waals surface area contributed by atoms with Gasteiger partial charge < -0.3 is 9.64 Å². The molecule has 32 heavy (non-hydrogen) atoms. The van der Waals surface area contributed by atoms with Gasteiger partial charge in [-0.25, -0.2) is 0 Å². The number of nitrogens with zero attached hydrogens (tertiary/aromatic N) is 3. The second-order valence-corrected chi connectivity index (χ2v) is 8.72. The molecule has 0 saturated carbocycles. The molecule has 2 aliphatic rings. The molecule has 0 radical (unpaired) electrons. The maximum atomic E-state index is 13.4. The molecule has 2 heterocycles. The molecule has 8 nitrogen and oxygen atoms in total. The van der Waals surface area contributed by atoms with Gasteiger partial charge >= 0.3 is 0 Å². The summed E-state index contributed by atoms with van der Waals surface area (Å²) in [7, 11) is 0. The maximum absolute atomic E-state index is 13.4. The van der Waals surface area contributed by atoms with Gasteiger partial charge in [-0.05, 0) is 38.0 Å². The first-order chi connectivity index (χ1) is 15.3. The summed E-state index contributed by atoms with van der Waals surface area (Å²) in [5, 5.41) is 11.0. The van der Waals surface area contributed by atoms with Gasteiger partial charge in [-0.15, -0.1) is 0 Å². The van der Waals surface area contributed by atoms with Gasteiger partial charge in [0.05, 0.1) is 22.7 Å². The standard InChI is InChI=1S/C24H33N3O5/c1-4-5-6-7-8-9-14-26-23(28)21(19-10-12-20(13-11-19)27(30)31)22(24(26)29)25-15-17(2)32-18(3)16-25/h10-13,17-18H,4-9,14-16H2,1-3H3. The van der Waals surface area contributed by atoms with E-state index in [1.807, 2.05) is 18.7 Å². The quantitative estimate of drug-likeness (QED) is 0.233. The topological polar surface area (TPSA) is 93.0 Å². The first-order valence-electron chi connectivity index (χ1n) is 11.6. The maximum Gasteiger partial charge on any atom is 0.277 e. The number of hydrogen-bond acceptors (Lipinski definition) is 6. The van der Waals surface area contributed by atoms with E-state index >= 15 is 0 Å². The molecule has 1 aromatic rings. The van der Waals surface area contributed by atoms with E-state index in [9.17, 15) is 19.7 Å². The van der Waals surface area contributed by atoms with Crippen LogP contribution in [0.1, 0.15) is 64.9 Å². The van der Waals surface area contributed by atoms with E-state index in [1.54, 1.807) is 12.1 Å². The summed E-state index contributed by atoms with van der Waals surface area (Å²) in [6.45, 7) is 7.48. The Kier molecular flexibility index (Phi) is 8.01. The molecule has 1 aromatic carbocycles. The van der Waals surface area contributed by atoms with E-state index in [4.69, 9.17) is 4.74 Å². The van der Waals surface area contributed by atoms with Crippen molar-refractivity contribution in [3.63, 3.8) is 0 Å². The molecule has 3 rings (SSSR count). The van der Waals surface area contributed by atoms with Crippen molar-refractivity contribution in [2.45, 2.75) is 71.5 Å². The van der Waals surface area contributed by atoms with Crippen LogP contribution in [-0.4, -0.2) is 58.4 Å². The number of imide groups is 1. The summed E-state index contributed by atoms with van der Waals surface area (Å²) in [5.74, 6) is -0.600. The van der Waals surface area contributed by atoms with E-state index in [1.165, 1.54) is 36.3 Å². The van der Waals surface area contributed by atoms with E-state index in [-0.39, 0.29) is 29.7 Å². The second-order valence-electron chi connectivity index (χ2n) is 8.72. The summed E-state index contributed by atoms with van der Waals surface area (Å²) >= 11 is 0. The predicted octanol–water partition coefficient (Wildman–Crippen LogP) is 4.14. The summed E-state index contributed by atoms with van der Waals surface area (Å²) in [4.78, 5) is 40.6. The SMILES string of the molecule is CCCCCCCCN1C(=O)C(c2ccc([N+](=O)[O-])cc2)=C(N2CC(C)OC(C)C2)C1=O. The molecule has 2 unspecified atom stereocenters. The van der Waals surface area contributed by atoms with Crippen LogP contribution in [0.2, 0.25) is 0 Å². The normalized spacial score (nSPS) is 21.6. The van der Waals surface area contributed by atoms with Crippen LogP contribution < -0.4 is 0 Å². The number of amides is 2. The molecule has 174 valence electrons. The van der Waals surface area contributed by atoms with E-state index in [0.717, 1.165) is 19.3 Å². The summed E-state index contributed by atoms with van der Waals surface area (Å²) in [6.07, 6.45) is 6.25. The number of non-ortho nitro benzene ring substituents is 1. The van der Waals surface area contributed by atoms with Crippen LogP contribution in [-0.2, 0) is 14.3 Å². The van der Waals surface area contributed by atoms with Crippen LogP contribution in [0.25, 0.3) is 5.57 Å². The van der Waals surface area contributed by atoms with Gasteiger partial charge in [-0.3, -0.25) is 24.6 Å². The number of rotatable bonds is 10. The van der Waals surface area contributed by atoms with Gasteiger partial charge in [0.15, 0.2) is 0 Å². The minimum atomic E-state index is -0.475. The van der Waals surface area contributed by atoms with E-state index in [0.29, 0.717) is 36.5 Å². The number of hydrogen-bond donors (Lipinski definition) is 0. The Hall–Kier alpha value is -2.74. The van der Waals surface area contributed by atoms with Gasteiger partial charge in [-0.2, -0.15) is 0 Å². The minimum Gasteiger partial charge on any atom is -0.372 e. The third-order valence-corrected chi connectivity index (χ3v) is 5.98. The third kappa shape index (κ3) is 5.35. The molecule has 0 spiro atoms. The van der Waals surface area contributed by atoms with Crippen LogP contribution in [0.15, 0.2) is 30.0 Å². The fourth-order valence-corrected chi connectivity index (χ4v) is 4.48. The largest absolute Gasteiger partial charge is 0.372 e. The van der Waals surface area contributed by atoms with Crippen LogP contribution in [0, 0.1) is 10.1 Å². The zero-order valence-corrected chi connectivity index (χ0v) is 19.2. The lowest BCUT2D eigenvalue weighted by Crippen LogP contribution is -2.47. The number of nitro groups is 1. The molecule has 1 saturated heterocycles. The van der Waals surface area contributed by atoms with Crippen LogP contribution in [0.5, 0.6) is 0 Å². The number of ether oxygens (including phenoxy) is 1. The number of nitro benzene ring substituents is 1. The number of unbranched alkanes of at least 4 members (excludes halogenated alkanes) is 5. The number of carbonyl (C=O) groups is 2. The zero-order chi connectivity index (χ0) is 23.3. The smallest absolute Gasteiger partial charge is 0.277 e. The number of morpholine rings is 1. The Labute approximate surface area is 189 Å². The molecule has 0 N–H and O–H groups in total. The molecule has 0 aliphatic carbocycles. The third-order valence-electron chi connectivity index (χ3n) is 5.98. The Bertz CT molecular complexity index is 870. The van der Waals surface area contributed by atoms with Crippen LogP contribution >= 0.6 is 0 Å². The Balaban J connectivity index is 1.86. The molecule has 8 heteroatoms. The molecule has 2 atom stereocenters. The average molecular weight is 444 g/mol. The van der Waals surface area contributed by atoms with Crippen molar-refractivity contribution in [1.29, 1.82) is 0 Å². The molecule has 2 aliphatic heterocycles. The Morgan fingerprint density at radius 1 is 0.969 bits per heavy atom. The van der Waals surface area contributed by atoms with Gasteiger partial charge in [0.2, 0.25) is 0 Å². The molecule has 0 aromatic heterocycles. The summed E-state index contributed by atoms with van der Waals surface area (Å²) in [5.41, 5.74) is 1.19. The van der Waals surface area contributed by atoms with Crippen molar-refractivity contribution < 1.29 is 19.2 Å². The van der Waals surface area contributed by atoms with E-state index < -0.39 is 4.92 Å². The van der Waals surface area contributed by atoms with Crippen LogP contribution in [0.4, 0.5) is 5.69 Å². The highest BCUT2D eigenvalue weighted by Crippen LogP contribution is 2.34. The zero-order valence-electron chi connectivity index (χ0n) is 19.2. The molecular weight excluding hydrogens is 410 g/mol. The van der Waals surface area contributed by atoms with Crippen molar-refractivity contribution >= 4 is 23.1 Å². The van der Waals surface area contributed by atoms with E-state index in [2.05, 4.69) is 6.92 Å². The van der Waals surface area contributed by atoms with Gasteiger partial charge in [0.25, 0.3) is 17.5 Å². The lowest BCUT2D eigenvalue weighted by Gasteiger charge is -2.37. The Morgan fingerprint density at radius 2 is 1.56 bits per heavy atom.